The van der Waals surface area contributed by atoms with E-state index in [1.54, 1.807) is 0 Å². The number of rotatable bonds is 5. The van der Waals surface area contributed by atoms with Crippen LogP contribution in [0.25, 0.3) is 0 Å². The highest BCUT2D eigenvalue weighted by atomic mass is 32.2. The quantitative estimate of drug-likeness (QED) is 0.627. The average Bonchev–Trinajstić information content (AvgIpc) is 2.94. The molecule has 1 fully saturated rings. The second-order valence-corrected chi connectivity index (χ2v) is 7.00. The van der Waals surface area contributed by atoms with E-state index >= 15 is 0 Å². The maximum Gasteiger partial charge on any atom is 0.433 e. The van der Waals surface area contributed by atoms with E-state index in [0.717, 1.165) is 25.2 Å². The number of nitro groups is 1. The van der Waals surface area contributed by atoms with E-state index in [4.69, 9.17) is 4.42 Å². The molecule has 0 spiro atoms. The first-order valence-corrected chi connectivity index (χ1v) is 8.67. The molecule has 0 aromatic carbocycles. The summed E-state index contributed by atoms with van der Waals surface area (Å²) in [4.78, 5) is 23.8. The molecule has 1 N–H and O–H groups in total. The van der Waals surface area contributed by atoms with Crippen molar-refractivity contribution in [3.63, 3.8) is 0 Å². The predicted molar refractivity (Wildman–Crippen MR) is 76.9 cm³/mol. The van der Waals surface area contributed by atoms with Crippen molar-refractivity contribution in [1.82, 2.24) is 9.62 Å². The molecule has 122 valence electrons. The lowest BCUT2D eigenvalue weighted by Gasteiger charge is -2.35. The Bertz CT molecular complexity index is 668. The van der Waals surface area contributed by atoms with Gasteiger partial charge in [0.1, 0.15) is 4.92 Å². The number of hydrogen-bond acceptors (Lipinski definition) is 6. The van der Waals surface area contributed by atoms with Crippen molar-refractivity contribution in [3.8, 4) is 0 Å². The second-order valence-electron chi connectivity index (χ2n) is 5.16. The van der Waals surface area contributed by atoms with Crippen molar-refractivity contribution in [1.29, 1.82) is 0 Å². The lowest BCUT2D eigenvalue weighted by atomic mass is 10.0. The van der Waals surface area contributed by atoms with E-state index < -0.39 is 26.7 Å². The maximum atomic E-state index is 12.4. The zero-order valence-corrected chi connectivity index (χ0v) is 12.8. The Morgan fingerprint density at radius 1 is 1.50 bits per heavy atom. The highest BCUT2D eigenvalue weighted by Crippen LogP contribution is 2.22. The number of nitrogens with zero attached hydrogens (tertiary/aromatic N) is 2. The van der Waals surface area contributed by atoms with Gasteiger partial charge in [-0.05, 0) is 25.3 Å². The van der Waals surface area contributed by atoms with Crippen molar-refractivity contribution >= 4 is 21.8 Å². The molecule has 10 heteroatoms. The lowest BCUT2D eigenvalue weighted by Crippen LogP contribution is -2.49. The molecule has 1 aromatic heterocycles. The Kier molecular flexibility index (Phi) is 4.81. The molecule has 0 aliphatic carbocycles. The van der Waals surface area contributed by atoms with Crippen molar-refractivity contribution in [2.75, 3.05) is 19.3 Å². The van der Waals surface area contributed by atoms with Crippen LogP contribution in [0.1, 0.15) is 29.8 Å². The van der Waals surface area contributed by atoms with Gasteiger partial charge in [0, 0.05) is 19.1 Å². The standard InChI is InChI=1S/C12H17N3O6S/c1-22(19,20)13-8-9-4-2-3-7-14(9)12(16)10-5-6-11(21-10)15(17)18/h5-6,9,13H,2-4,7-8H2,1H3. The molecule has 0 saturated carbocycles. The number of nitrogens with one attached hydrogen (secondary N) is 1. The molecular weight excluding hydrogens is 314 g/mol. The average molecular weight is 331 g/mol. The molecule has 1 aliphatic rings. The predicted octanol–water partition coefficient (Wildman–Crippen LogP) is 0.732. The highest BCUT2D eigenvalue weighted by Gasteiger charge is 2.30. The van der Waals surface area contributed by atoms with Crippen LogP contribution in [0.4, 0.5) is 5.88 Å². The first-order valence-electron chi connectivity index (χ1n) is 6.78. The minimum absolute atomic E-state index is 0.113. The van der Waals surface area contributed by atoms with Crippen molar-refractivity contribution < 1.29 is 22.6 Å². The second kappa shape index (κ2) is 6.44. The summed E-state index contributed by atoms with van der Waals surface area (Å²) in [6.07, 6.45) is 3.40. The van der Waals surface area contributed by atoms with Gasteiger partial charge in [-0.1, -0.05) is 0 Å². The van der Waals surface area contributed by atoms with Gasteiger partial charge in [-0.25, -0.2) is 13.1 Å². The molecule has 1 unspecified atom stereocenters. The summed E-state index contributed by atoms with van der Waals surface area (Å²) in [5.74, 6) is -1.07. The molecule has 0 bridgehead atoms. The van der Waals surface area contributed by atoms with Crippen LogP contribution < -0.4 is 4.72 Å². The topological polar surface area (TPSA) is 123 Å². The van der Waals surface area contributed by atoms with Crippen LogP contribution >= 0.6 is 0 Å². The summed E-state index contributed by atoms with van der Waals surface area (Å²) < 4.78 is 29.7. The lowest BCUT2D eigenvalue weighted by molar-refractivity contribution is -0.402. The highest BCUT2D eigenvalue weighted by molar-refractivity contribution is 7.88. The Labute approximate surface area is 127 Å². The van der Waals surface area contributed by atoms with E-state index in [0.29, 0.717) is 13.0 Å². The third-order valence-corrected chi connectivity index (χ3v) is 4.14. The van der Waals surface area contributed by atoms with Crippen molar-refractivity contribution in [2.45, 2.75) is 25.3 Å². The summed E-state index contributed by atoms with van der Waals surface area (Å²) in [6.45, 7) is 0.580. The number of furan rings is 1. The number of hydrogen-bond donors (Lipinski definition) is 1. The van der Waals surface area contributed by atoms with Gasteiger partial charge in [0.05, 0.1) is 12.3 Å². The van der Waals surface area contributed by atoms with Gasteiger partial charge in [0.15, 0.2) is 5.76 Å². The van der Waals surface area contributed by atoms with E-state index in [9.17, 15) is 23.3 Å². The molecule has 9 nitrogen and oxygen atoms in total. The molecule has 2 rings (SSSR count). The summed E-state index contributed by atoms with van der Waals surface area (Å²) in [6, 6.07) is 2.09. The Hall–Kier alpha value is -1.94. The Balaban J connectivity index is 2.11. The molecular formula is C12H17N3O6S. The van der Waals surface area contributed by atoms with E-state index in [-0.39, 0.29) is 18.3 Å². The molecule has 1 atom stereocenters. The molecule has 1 aromatic rings. The van der Waals surface area contributed by atoms with Gasteiger partial charge in [0.2, 0.25) is 10.0 Å². The normalized spacial score (nSPS) is 19.1. The van der Waals surface area contributed by atoms with Crippen LogP contribution in [0.5, 0.6) is 0 Å². The number of likely N-dealkylation sites (tertiary alicyclic amines) is 1. The Morgan fingerprint density at radius 2 is 2.23 bits per heavy atom. The van der Waals surface area contributed by atoms with Gasteiger partial charge in [-0.3, -0.25) is 14.9 Å². The number of carbonyl (C=O) groups is 1. The smallest absolute Gasteiger partial charge is 0.395 e. The zero-order valence-electron chi connectivity index (χ0n) is 12.0. The van der Waals surface area contributed by atoms with E-state index in [2.05, 4.69) is 4.72 Å². The first-order chi connectivity index (χ1) is 10.3. The van der Waals surface area contributed by atoms with Gasteiger partial charge in [0.25, 0.3) is 5.91 Å². The fraction of sp³-hybridized carbons (Fsp3) is 0.583. The SMILES string of the molecule is CS(=O)(=O)NCC1CCCCN1C(=O)c1ccc([N+](=O)[O-])o1. The van der Waals surface area contributed by atoms with E-state index in [1.165, 1.54) is 11.0 Å². The summed E-state index contributed by atoms with van der Waals surface area (Å²) in [5, 5.41) is 10.6. The monoisotopic (exact) mass is 331 g/mol. The molecule has 0 radical (unpaired) electrons. The van der Waals surface area contributed by atoms with Crippen LogP contribution in [0.2, 0.25) is 0 Å². The van der Waals surface area contributed by atoms with Crippen molar-refractivity contribution in [3.05, 3.63) is 28.0 Å². The van der Waals surface area contributed by atoms with Gasteiger partial charge < -0.3 is 9.32 Å². The number of carbonyl (C=O) groups excluding carboxylic acids is 1. The number of sulfonamides is 1. The largest absolute Gasteiger partial charge is 0.433 e. The Morgan fingerprint density at radius 3 is 2.82 bits per heavy atom. The molecule has 2 heterocycles. The minimum Gasteiger partial charge on any atom is -0.395 e. The first kappa shape index (κ1) is 16.4. The summed E-state index contributed by atoms with van der Waals surface area (Å²) in [7, 11) is -3.35. The van der Waals surface area contributed by atoms with Crippen LogP contribution in [0, 0.1) is 10.1 Å². The van der Waals surface area contributed by atoms with Gasteiger partial charge in [-0.2, -0.15) is 0 Å². The van der Waals surface area contributed by atoms with Gasteiger partial charge in [-0.15, -0.1) is 0 Å². The van der Waals surface area contributed by atoms with Crippen LogP contribution in [0.3, 0.4) is 0 Å². The number of amides is 1. The molecule has 22 heavy (non-hydrogen) atoms. The third kappa shape index (κ3) is 4.04. The van der Waals surface area contributed by atoms with E-state index in [1.807, 2.05) is 0 Å². The summed E-state index contributed by atoms with van der Waals surface area (Å²) >= 11 is 0. The van der Waals surface area contributed by atoms with Crippen LogP contribution in [-0.4, -0.2) is 49.5 Å². The maximum absolute atomic E-state index is 12.4. The van der Waals surface area contributed by atoms with Crippen LogP contribution in [-0.2, 0) is 10.0 Å². The number of piperidine rings is 1. The minimum atomic E-state index is -3.35. The zero-order chi connectivity index (χ0) is 16.3. The van der Waals surface area contributed by atoms with Crippen LogP contribution in [0.15, 0.2) is 16.5 Å². The fourth-order valence-corrected chi connectivity index (χ4v) is 2.91. The fourth-order valence-electron chi connectivity index (χ4n) is 2.41. The molecule has 1 amide bonds. The molecule has 1 saturated heterocycles. The molecule has 1 aliphatic heterocycles. The van der Waals surface area contributed by atoms with Gasteiger partial charge >= 0.3 is 5.88 Å². The summed E-state index contributed by atoms with van der Waals surface area (Å²) in [5.41, 5.74) is 0. The third-order valence-electron chi connectivity index (χ3n) is 3.45. The van der Waals surface area contributed by atoms with Crippen molar-refractivity contribution in [2.24, 2.45) is 0 Å².